The van der Waals surface area contributed by atoms with E-state index in [0.717, 1.165) is 6.42 Å². The minimum atomic E-state index is -0.580. The molecule has 3 nitrogen and oxygen atoms in total. The summed E-state index contributed by atoms with van der Waals surface area (Å²) in [7, 11) is 0. The average Bonchev–Trinajstić information content (AvgIpc) is 2.28. The molecule has 0 aromatic heterocycles. The smallest absolute Gasteiger partial charge is 0.227 e. The molecule has 0 saturated carbocycles. The van der Waals surface area contributed by atoms with Gasteiger partial charge >= 0.3 is 0 Å². The Bertz CT molecular complexity index is 391. The van der Waals surface area contributed by atoms with Crippen molar-refractivity contribution in [2.75, 3.05) is 6.54 Å². The van der Waals surface area contributed by atoms with Crippen LogP contribution in [0, 0.1) is 5.41 Å². The van der Waals surface area contributed by atoms with Crippen LogP contribution in [0.15, 0.2) is 30.3 Å². The van der Waals surface area contributed by atoms with Gasteiger partial charge in [-0.2, -0.15) is 0 Å². The minimum Gasteiger partial charge on any atom is -0.355 e. The Labute approximate surface area is 110 Å². The van der Waals surface area contributed by atoms with Gasteiger partial charge < -0.3 is 11.1 Å². The molecule has 0 heterocycles. The molecule has 0 saturated heterocycles. The molecule has 18 heavy (non-hydrogen) atoms. The van der Waals surface area contributed by atoms with Gasteiger partial charge in [0.2, 0.25) is 5.91 Å². The quantitative estimate of drug-likeness (QED) is 0.838. The third kappa shape index (κ3) is 3.57. The van der Waals surface area contributed by atoms with Crippen molar-refractivity contribution in [2.24, 2.45) is 11.1 Å². The van der Waals surface area contributed by atoms with Crippen molar-refractivity contribution in [3.63, 3.8) is 0 Å². The third-order valence-corrected chi connectivity index (χ3v) is 3.72. The predicted octanol–water partition coefficient (Wildman–Crippen LogP) is 2.11. The minimum absolute atomic E-state index is 0.00549. The van der Waals surface area contributed by atoms with Crippen molar-refractivity contribution in [3.8, 4) is 0 Å². The zero-order valence-electron chi connectivity index (χ0n) is 11.8. The van der Waals surface area contributed by atoms with E-state index in [0.29, 0.717) is 6.54 Å². The first-order valence-corrected chi connectivity index (χ1v) is 6.36. The largest absolute Gasteiger partial charge is 0.355 e. The summed E-state index contributed by atoms with van der Waals surface area (Å²) in [5.74, 6) is 0.00549. The van der Waals surface area contributed by atoms with Crippen LogP contribution in [-0.4, -0.2) is 18.0 Å². The first-order valence-electron chi connectivity index (χ1n) is 6.36. The summed E-state index contributed by atoms with van der Waals surface area (Å²) >= 11 is 0. The van der Waals surface area contributed by atoms with Crippen LogP contribution in [0.3, 0.4) is 0 Å². The van der Waals surface area contributed by atoms with Crippen molar-refractivity contribution >= 4 is 5.91 Å². The first kappa shape index (κ1) is 14.7. The number of nitrogens with two attached hydrogens (primary N) is 1. The van der Waals surface area contributed by atoms with Gasteiger partial charge in [-0.15, -0.1) is 0 Å². The number of amides is 1. The topological polar surface area (TPSA) is 55.1 Å². The number of nitrogens with one attached hydrogen (secondary N) is 1. The summed E-state index contributed by atoms with van der Waals surface area (Å²) in [6.07, 6.45) is 0.841. The average molecular weight is 248 g/mol. The van der Waals surface area contributed by atoms with E-state index in [-0.39, 0.29) is 5.91 Å². The molecule has 3 N–H and O–H groups in total. The second-order valence-corrected chi connectivity index (χ2v) is 5.84. The van der Waals surface area contributed by atoms with Crippen molar-refractivity contribution in [1.29, 1.82) is 0 Å². The summed E-state index contributed by atoms with van der Waals surface area (Å²) in [5.41, 5.74) is 6.14. The highest BCUT2D eigenvalue weighted by Crippen LogP contribution is 2.28. The van der Waals surface area contributed by atoms with Gasteiger partial charge in [0.1, 0.15) is 0 Å². The monoisotopic (exact) mass is 248 g/mol. The number of carbonyl (C=O) groups is 1. The second-order valence-electron chi connectivity index (χ2n) is 5.84. The molecule has 0 atom stereocenters. The first-order chi connectivity index (χ1) is 8.25. The number of rotatable bonds is 5. The van der Waals surface area contributed by atoms with Crippen molar-refractivity contribution < 1.29 is 4.79 Å². The molecule has 0 radical (unpaired) electrons. The maximum atomic E-state index is 12.1. The SMILES string of the molecule is CC(C)(N)C(C)(C)C(=O)NCCc1ccccc1. The summed E-state index contributed by atoms with van der Waals surface area (Å²) in [5, 5.41) is 2.96. The Hall–Kier alpha value is -1.35. The maximum absolute atomic E-state index is 12.1. The Morgan fingerprint density at radius 2 is 1.72 bits per heavy atom. The predicted molar refractivity (Wildman–Crippen MR) is 75.2 cm³/mol. The van der Waals surface area contributed by atoms with E-state index in [1.165, 1.54) is 5.56 Å². The fraction of sp³-hybridized carbons (Fsp3) is 0.533. The fourth-order valence-corrected chi connectivity index (χ4v) is 1.48. The lowest BCUT2D eigenvalue weighted by Gasteiger charge is -2.36. The fourth-order valence-electron chi connectivity index (χ4n) is 1.48. The molecule has 100 valence electrons. The Morgan fingerprint density at radius 3 is 2.22 bits per heavy atom. The highest BCUT2D eigenvalue weighted by atomic mass is 16.2. The summed E-state index contributed by atoms with van der Waals surface area (Å²) in [6, 6.07) is 10.1. The number of hydrogen-bond donors (Lipinski definition) is 2. The Balaban J connectivity index is 2.48. The van der Waals surface area contributed by atoms with E-state index in [1.54, 1.807) is 0 Å². The van der Waals surface area contributed by atoms with Crippen LogP contribution in [-0.2, 0) is 11.2 Å². The molecule has 1 rings (SSSR count). The molecule has 3 heteroatoms. The lowest BCUT2D eigenvalue weighted by atomic mass is 9.74. The molecule has 1 amide bonds. The van der Waals surface area contributed by atoms with Crippen LogP contribution in [0.2, 0.25) is 0 Å². The highest BCUT2D eigenvalue weighted by Gasteiger charge is 2.40. The van der Waals surface area contributed by atoms with E-state index in [9.17, 15) is 4.79 Å². The molecule has 0 aliphatic rings. The molecule has 0 aliphatic heterocycles. The van der Waals surface area contributed by atoms with Gasteiger partial charge in [-0.05, 0) is 39.7 Å². The molecular weight excluding hydrogens is 224 g/mol. The zero-order valence-corrected chi connectivity index (χ0v) is 11.8. The summed E-state index contributed by atoms with van der Waals surface area (Å²) in [4.78, 5) is 12.1. The van der Waals surface area contributed by atoms with Gasteiger partial charge in [-0.3, -0.25) is 4.79 Å². The van der Waals surface area contributed by atoms with E-state index >= 15 is 0 Å². The number of hydrogen-bond acceptors (Lipinski definition) is 2. The van der Waals surface area contributed by atoms with Crippen LogP contribution in [0.1, 0.15) is 33.3 Å². The van der Waals surface area contributed by atoms with Gasteiger partial charge in [-0.25, -0.2) is 0 Å². The van der Waals surface area contributed by atoms with Gasteiger partial charge in [0.25, 0.3) is 0 Å². The van der Waals surface area contributed by atoms with Gasteiger partial charge in [-0.1, -0.05) is 30.3 Å². The van der Waals surface area contributed by atoms with Crippen LogP contribution in [0.5, 0.6) is 0 Å². The van der Waals surface area contributed by atoms with Gasteiger partial charge in [0, 0.05) is 12.1 Å². The molecule has 1 aromatic carbocycles. The number of benzene rings is 1. The third-order valence-electron chi connectivity index (χ3n) is 3.72. The summed E-state index contributed by atoms with van der Waals surface area (Å²) < 4.78 is 0. The van der Waals surface area contributed by atoms with E-state index in [1.807, 2.05) is 45.9 Å². The molecule has 0 spiro atoms. The van der Waals surface area contributed by atoms with Crippen LogP contribution in [0.4, 0.5) is 0 Å². The van der Waals surface area contributed by atoms with Crippen LogP contribution < -0.4 is 11.1 Å². The van der Waals surface area contributed by atoms with E-state index in [2.05, 4.69) is 17.4 Å². The van der Waals surface area contributed by atoms with Crippen LogP contribution >= 0.6 is 0 Å². The highest BCUT2D eigenvalue weighted by molar-refractivity contribution is 5.83. The molecular formula is C15H24N2O. The molecule has 0 fully saturated rings. The zero-order chi connectivity index (χ0) is 13.8. The maximum Gasteiger partial charge on any atom is 0.227 e. The molecule has 0 aliphatic carbocycles. The number of carbonyl (C=O) groups excluding carboxylic acids is 1. The molecule has 0 bridgehead atoms. The molecule has 1 aromatic rings. The second kappa shape index (κ2) is 5.53. The summed E-state index contributed by atoms with van der Waals surface area (Å²) in [6.45, 7) is 8.16. The van der Waals surface area contributed by atoms with Gasteiger partial charge in [0.15, 0.2) is 0 Å². The Kier molecular flexibility index (Phi) is 4.52. The molecule has 0 unspecified atom stereocenters. The van der Waals surface area contributed by atoms with Crippen molar-refractivity contribution in [3.05, 3.63) is 35.9 Å². The van der Waals surface area contributed by atoms with Crippen LogP contribution in [0.25, 0.3) is 0 Å². The van der Waals surface area contributed by atoms with E-state index in [4.69, 9.17) is 5.73 Å². The lowest BCUT2D eigenvalue weighted by Crippen LogP contribution is -2.55. The van der Waals surface area contributed by atoms with Gasteiger partial charge in [0.05, 0.1) is 5.41 Å². The normalized spacial score (nSPS) is 12.3. The van der Waals surface area contributed by atoms with Crippen molar-refractivity contribution in [2.45, 2.75) is 39.7 Å². The standard InChI is InChI=1S/C15H24N2O/c1-14(2,15(3,4)16)13(18)17-11-10-12-8-6-5-7-9-12/h5-9H,10-11,16H2,1-4H3,(H,17,18). The van der Waals surface area contributed by atoms with E-state index < -0.39 is 11.0 Å². The van der Waals surface area contributed by atoms with Crippen molar-refractivity contribution in [1.82, 2.24) is 5.32 Å². The Morgan fingerprint density at radius 1 is 1.17 bits per heavy atom. The lowest BCUT2D eigenvalue weighted by molar-refractivity contribution is -0.132.